The van der Waals surface area contributed by atoms with Crippen LogP contribution >= 0.6 is 0 Å². The van der Waals surface area contributed by atoms with Crippen LogP contribution in [0.2, 0.25) is 0 Å². The Morgan fingerprint density at radius 3 is 1.91 bits per heavy atom. The molecule has 0 fully saturated rings. The third-order valence-electron chi connectivity index (χ3n) is 1.56. The zero-order valence-corrected chi connectivity index (χ0v) is 7.43. The second-order valence-corrected chi connectivity index (χ2v) is 2.82. The van der Waals surface area contributed by atoms with Gasteiger partial charge in [0.15, 0.2) is 0 Å². The molecular formula is C9H14O2. The third kappa shape index (κ3) is 3.61. The summed E-state index contributed by atoms with van der Waals surface area (Å²) < 4.78 is 0. The molecule has 0 aliphatic heterocycles. The molecule has 0 aromatic heterocycles. The smallest absolute Gasteiger partial charge is 0.331 e. The molecule has 0 rings (SSSR count). The second kappa shape index (κ2) is 3.96. The molecule has 0 aliphatic rings. The van der Waals surface area contributed by atoms with E-state index in [0.717, 1.165) is 11.1 Å². The van der Waals surface area contributed by atoms with E-state index >= 15 is 0 Å². The van der Waals surface area contributed by atoms with Gasteiger partial charge in [-0.3, -0.25) is 0 Å². The van der Waals surface area contributed by atoms with Gasteiger partial charge in [-0.2, -0.15) is 0 Å². The topological polar surface area (TPSA) is 37.3 Å². The summed E-state index contributed by atoms with van der Waals surface area (Å²) in [4.78, 5) is 10.4. The lowest BCUT2D eigenvalue weighted by Gasteiger charge is -1.97. The molecule has 0 amide bonds. The Hall–Kier alpha value is -1.05. The van der Waals surface area contributed by atoms with E-state index < -0.39 is 5.97 Å². The first-order valence-corrected chi connectivity index (χ1v) is 3.51. The predicted octanol–water partition coefficient (Wildman–Crippen LogP) is 2.37. The zero-order valence-electron chi connectivity index (χ0n) is 7.43. The number of carboxylic acids is 1. The van der Waals surface area contributed by atoms with Crippen LogP contribution < -0.4 is 0 Å². The summed E-state index contributed by atoms with van der Waals surface area (Å²) in [6, 6.07) is 0. The van der Waals surface area contributed by atoms with Crippen molar-refractivity contribution in [2.24, 2.45) is 0 Å². The number of aliphatic carboxylic acids is 1. The van der Waals surface area contributed by atoms with Crippen molar-refractivity contribution in [1.82, 2.24) is 0 Å². The number of carboxylic acid groups (broad SMARTS) is 1. The average Bonchev–Trinajstić information content (AvgIpc) is 1.87. The van der Waals surface area contributed by atoms with Gasteiger partial charge in [0, 0.05) is 5.57 Å². The first-order valence-electron chi connectivity index (χ1n) is 3.51. The van der Waals surface area contributed by atoms with Gasteiger partial charge in [-0.25, -0.2) is 4.79 Å². The highest BCUT2D eigenvalue weighted by molar-refractivity contribution is 5.86. The van der Waals surface area contributed by atoms with Gasteiger partial charge in [0.05, 0.1) is 0 Å². The molecular weight excluding hydrogens is 140 g/mol. The maximum Gasteiger partial charge on any atom is 0.331 e. The molecule has 0 heterocycles. The van der Waals surface area contributed by atoms with Crippen LogP contribution in [0.5, 0.6) is 0 Å². The van der Waals surface area contributed by atoms with Gasteiger partial charge in [0.2, 0.25) is 0 Å². The molecule has 1 N–H and O–H groups in total. The number of hydrogen-bond acceptors (Lipinski definition) is 1. The zero-order chi connectivity index (χ0) is 9.02. The molecule has 0 aliphatic carbocycles. The van der Waals surface area contributed by atoms with Crippen molar-refractivity contribution in [3.8, 4) is 0 Å². The van der Waals surface area contributed by atoms with Gasteiger partial charge in [-0.15, -0.1) is 0 Å². The summed E-state index contributed by atoms with van der Waals surface area (Å²) >= 11 is 0. The minimum atomic E-state index is -0.856. The summed E-state index contributed by atoms with van der Waals surface area (Å²) in [5, 5.41) is 8.52. The Morgan fingerprint density at radius 1 is 1.18 bits per heavy atom. The molecule has 0 atom stereocenters. The number of hydrogen-bond donors (Lipinski definition) is 1. The van der Waals surface area contributed by atoms with Gasteiger partial charge >= 0.3 is 5.97 Å². The molecule has 0 bridgehead atoms. The molecule has 0 aromatic carbocycles. The van der Waals surface area contributed by atoms with Crippen molar-refractivity contribution in [3.05, 3.63) is 22.8 Å². The first-order chi connectivity index (χ1) is 4.95. The normalized spacial score (nSPS) is 11.1. The molecule has 2 heteroatoms. The average molecular weight is 154 g/mol. The van der Waals surface area contributed by atoms with Gasteiger partial charge in [-0.1, -0.05) is 11.1 Å². The molecule has 0 saturated heterocycles. The van der Waals surface area contributed by atoms with Crippen LogP contribution in [0, 0.1) is 0 Å². The SMILES string of the molecule is CC(C)=C(C)/C=C(\C)C(=O)O. The Labute approximate surface area is 67.2 Å². The molecule has 0 spiro atoms. The van der Waals surface area contributed by atoms with E-state index in [1.54, 1.807) is 13.0 Å². The van der Waals surface area contributed by atoms with Crippen molar-refractivity contribution < 1.29 is 9.90 Å². The van der Waals surface area contributed by atoms with Crippen LogP contribution in [0.15, 0.2) is 22.8 Å². The van der Waals surface area contributed by atoms with Crippen molar-refractivity contribution >= 4 is 5.97 Å². The third-order valence-corrected chi connectivity index (χ3v) is 1.56. The molecule has 2 nitrogen and oxygen atoms in total. The number of carbonyl (C=O) groups is 1. The van der Waals surface area contributed by atoms with E-state index in [0.29, 0.717) is 5.57 Å². The van der Waals surface area contributed by atoms with Crippen LogP contribution in [0.4, 0.5) is 0 Å². The van der Waals surface area contributed by atoms with E-state index in [4.69, 9.17) is 5.11 Å². The minimum Gasteiger partial charge on any atom is -0.478 e. The summed E-state index contributed by atoms with van der Waals surface area (Å²) in [7, 11) is 0. The van der Waals surface area contributed by atoms with Crippen LogP contribution in [-0.4, -0.2) is 11.1 Å². The van der Waals surface area contributed by atoms with Crippen molar-refractivity contribution in [1.29, 1.82) is 0 Å². The highest BCUT2D eigenvalue weighted by atomic mass is 16.4. The van der Waals surface area contributed by atoms with Crippen molar-refractivity contribution in [2.75, 3.05) is 0 Å². The van der Waals surface area contributed by atoms with E-state index in [-0.39, 0.29) is 0 Å². The largest absolute Gasteiger partial charge is 0.478 e. The minimum absolute atomic E-state index is 0.378. The lowest BCUT2D eigenvalue weighted by atomic mass is 10.1. The van der Waals surface area contributed by atoms with Crippen molar-refractivity contribution in [2.45, 2.75) is 27.7 Å². The summed E-state index contributed by atoms with van der Waals surface area (Å²) in [6.07, 6.45) is 1.68. The monoisotopic (exact) mass is 154 g/mol. The van der Waals surface area contributed by atoms with Crippen LogP contribution in [0.25, 0.3) is 0 Å². The molecule has 11 heavy (non-hydrogen) atoms. The molecule has 62 valence electrons. The van der Waals surface area contributed by atoms with E-state index in [1.807, 2.05) is 20.8 Å². The standard InChI is InChI=1S/C9H14O2/c1-6(2)7(3)5-8(4)9(10)11/h5H,1-4H3,(H,10,11)/b8-5+. The lowest BCUT2D eigenvalue weighted by Crippen LogP contribution is -1.96. The maximum absolute atomic E-state index is 10.4. The lowest BCUT2D eigenvalue weighted by molar-refractivity contribution is -0.132. The second-order valence-electron chi connectivity index (χ2n) is 2.82. The summed E-state index contributed by atoms with van der Waals surface area (Å²) in [5.74, 6) is -0.856. The van der Waals surface area contributed by atoms with Gasteiger partial charge in [-0.05, 0) is 33.8 Å². The van der Waals surface area contributed by atoms with E-state index in [9.17, 15) is 4.79 Å². The molecule has 0 unspecified atom stereocenters. The van der Waals surface area contributed by atoms with Gasteiger partial charge < -0.3 is 5.11 Å². The highest BCUT2D eigenvalue weighted by Gasteiger charge is 1.98. The summed E-state index contributed by atoms with van der Waals surface area (Å²) in [6.45, 7) is 7.42. The predicted molar refractivity (Wildman–Crippen MR) is 45.4 cm³/mol. The Balaban J connectivity index is 4.58. The molecule has 0 radical (unpaired) electrons. The molecule has 0 aromatic rings. The Bertz CT molecular complexity index is 218. The molecule has 0 saturated carbocycles. The first kappa shape index (κ1) is 9.95. The fourth-order valence-corrected chi connectivity index (χ4v) is 0.531. The van der Waals surface area contributed by atoms with E-state index in [2.05, 4.69) is 0 Å². The van der Waals surface area contributed by atoms with Crippen LogP contribution in [0.1, 0.15) is 27.7 Å². The number of allylic oxidation sites excluding steroid dienone is 3. The van der Waals surface area contributed by atoms with Crippen molar-refractivity contribution in [3.63, 3.8) is 0 Å². The fourth-order valence-electron chi connectivity index (χ4n) is 0.531. The van der Waals surface area contributed by atoms with Gasteiger partial charge in [0.25, 0.3) is 0 Å². The Morgan fingerprint density at radius 2 is 1.64 bits per heavy atom. The van der Waals surface area contributed by atoms with Crippen LogP contribution in [0.3, 0.4) is 0 Å². The number of rotatable bonds is 2. The van der Waals surface area contributed by atoms with Gasteiger partial charge in [0.1, 0.15) is 0 Å². The fraction of sp³-hybridized carbons (Fsp3) is 0.444. The quantitative estimate of drug-likeness (QED) is 0.489. The highest BCUT2D eigenvalue weighted by Crippen LogP contribution is 2.06. The van der Waals surface area contributed by atoms with Crippen LogP contribution in [-0.2, 0) is 4.79 Å². The summed E-state index contributed by atoms with van der Waals surface area (Å²) in [5.41, 5.74) is 2.54. The Kier molecular flexibility index (Phi) is 3.58. The maximum atomic E-state index is 10.4. The van der Waals surface area contributed by atoms with E-state index in [1.165, 1.54) is 0 Å².